The minimum Gasteiger partial charge on any atom is -0.493 e. The number of rotatable bonds is 11. The third kappa shape index (κ3) is 7.22. The molecule has 2 heterocycles. The van der Waals surface area contributed by atoms with E-state index in [4.69, 9.17) is 14.2 Å². The first-order valence-corrected chi connectivity index (χ1v) is 12.6. The van der Waals surface area contributed by atoms with Crippen LogP contribution in [-0.4, -0.2) is 51.2 Å². The van der Waals surface area contributed by atoms with Crippen molar-refractivity contribution in [2.75, 3.05) is 26.9 Å². The molecule has 0 aliphatic heterocycles. The molecule has 0 spiro atoms. The summed E-state index contributed by atoms with van der Waals surface area (Å²) in [5, 5.41) is -0.295. The Balaban J connectivity index is 1.94. The molecule has 0 saturated heterocycles. The Kier molecular flexibility index (Phi) is 8.94. The molecule has 0 aliphatic carbocycles. The molecule has 0 bridgehead atoms. The average molecular weight is 518 g/mol. The second-order valence-corrected chi connectivity index (χ2v) is 9.95. The van der Waals surface area contributed by atoms with Crippen LogP contribution in [-0.2, 0) is 14.8 Å². The Bertz CT molecular complexity index is 1330. The lowest BCUT2D eigenvalue weighted by molar-refractivity contribution is 0.0971. The summed E-state index contributed by atoms with van der Waals surface area (Å²) in [6, 6.07) is 11.4. The molecule has 1 aromatic carbocycles. The standard InChI is InChI=1S/C25H28FN3O6S/c1-16(2)15-35-20-13-18(12-19(26)14-20)22-9-8-21(25(28-22)34-11-10-33-4)24(30)29-36(31,32)23-7-5-6-17(3)27-23/h5-9,12-14,16H,10-11,15H2,1-4H3,(H,29,30). The van der Waals surface area contributed by atoms with Gasteiger partial charge in [0, 0.05) is 24.4 Å². The molecule has 192 valence electrons. The van der Waals surface area contributed by atoms with E-state index in [1.165, 1.54) is 43.5 Å². The number of carbonyl (C=O) groups excluding carboxylic acids is 1. The van der Waals surface area contributed by atoms with Gasteiger partial charge in [-0.05, 0) is 49.2 Å². The van der Waals surface area contributed by atoms with Gasteiger partial charge < -0.3 is 14.2 Å². The van der Waals surface area contributed by atoms with Crippen molar-refractivity contribution in [3.63, 3.8) is 0 Å². The molecule has 0 atom stereocenters. The minimum atomic E-state index is -4.24. The van der Waals surface area contributed by atoms with E-state index in [1.54, 1.807) is 19.1 Å². The summed E-state index contributed by atoms with van der Waals surface area (Å²) in [5.41, 5.74) is 1.05. The smallest absolute Gasteiger partial charge is 0.281 e. The first-order valence-electron chi connectivity index (χ1n) is 11.2. The fraction of sp³-hybridized carbons (Fsp3) is 0.320. The molecule has 0 saturated carbocycles. The van der Waals surface area contributed by atoms with Crippen LogP contribution >= 0.6 is 0 Å². The van der Waals surface area contributed by atoms with E-state index >= 15 is 0 Å². The van der Waals surface area contributed by atoms with Crippen LogP contribution in [0.5, 0.6) is 11.6 Å². The second-order valence-electron chi connectivity index (χ2n) is 8.32. The molecule has 3 aromatic rings. The molecule has 11 heteroatoms. The van der Waals surface area contributed by atoms with Crippen LogP contribution in [0.1, 0.15) is 29.9 Å². The quantitative estimate of drug-likeness (QED) is 0.382. The number of carbonyl (C=O) groups is 1. The van der Waals surface area contributed by atoms with Crippen LogP contribution in [0.4, 0.5) is 4.39 Å². The predicted molar refractivity (Wildman–Crippen MR) is 131 cm³/mol. The number of ether oxygens (including phenoxy) is 3. The van der Waals surface area contributed by atoms with Crippen LogP contribution in [0.15, 0.2) is 53.6 Å². The largest absolute Gasteiger partial charge is 0.493 e. The topological polar surface area (TPSA) is 117 Å². The van der Waals surface area contributed by atoms with Gasteiger partial charge in [-0.25, -0.2) is 19.1 Å². The van der Waals surface area contributed by atoms with Gasteiger partial charge in [-0.3, -0.25) is 4.79 Å². The normalized spacial score (nSPS) is 11.4. The maximum Gasteiger partial charge on any atom is 0.281 e. The third-order valence-electron chi connectivity index (χ3n) is 4.75. The highest BCUT2D eigenvalue weighted by Gasteiger charge is 2.24. The van der Waals surface area contributed by atoms with Gasteiger partial charge in [-0.1, -0.05) is 19.9 Å². The van der Waals surface area contributed by atoms with E-state index in [0.717, 1.165) is 0 Å². The summed E-state index contributed by atoms with van der Waals surface area (Å²) < 4.78 is 57.9. The van der Waals surface area contributed by atoms with E-state index in [2.05, 4.69) is 9.97 Å². The average Bonchev–Trinajstić information content (AvgIpc) is 2.82. The number of hydrogen-bond acceptors (Lipinski definition) is 8. The van der Waals surface area contributed by atoms with Gasteiger partial charge in [0.15, 0.2) is 5.03 Å². The molecule has 36 heavy (non-hydrogen) atoms. The Morgan fingerprint density at radius 3 is 2.53 bits per heavy atom. The van der Waals surface area contributed by atoms with Crippen molar-refractivity contribution in [2.24, 2.45) is 5.92 Å². The van der Waals surface area contributed by atoms with Crippen molar-refractivity contribution in [1.82, 2.24) is 14.7 Å². The lowest BCUT2D eigenvalue weighted by Gasteiger charge is -2.14. The van der Waals surface area contributed by atoms with E-state index < -0.39 is 21.7 Å². The monoisotopic (exact) mass is 517 g/mol. The van der Waals surface area contributed by atoms with Crippen LogP contribution in [0.2, 0.25) is 0 Å². The molecule has 0 fully saturated rings. The van der Waals surface area contributed by atoms with Gasteiger partial charge in [0.05, 0.1) is 18.9 Å². The Morgan fingerprint density at radius 1 is 1.06 bits per heavy atom. The molecule has 3 rings (SSSR count). The summed E-state index contributed by atoms with van der Waals surface area (Å²) >= 11 is 0. The van der Waals surface area contributed by atoms with Gasteiger partial charge in [0.25, 0.3) is 15.9 Å². The number of aromatic nitrogens is 2. The molecular weight excluding hydrogens is 489 g/mol. The summed E-state index contributed by atoms with van der Waals surface area (Å²) in [6.07, 6.45) is 0. The Hall–Kier alpha value is -3.57. The third-order valence-corrected chi connectivity index (χ3v) is 5.98. The van der Waals surface area contributed by atoms with E-state index in [1.807, 2.05) is 18.6 Å². The fourth-order valence-corrected chi connectivity index (χ4v) is 4.04. The summed E-state index contributed by atoms with van der Waals surface area (Å²) in [7, 11) is -2.76. The van der Waals surface area contributed by atoms with Gasteiger partial charge in [0.1, 0.15) is 23.7 Å². The number of benzene rings is 1. The number of methoxy groups -OCH3 is 1. The minimum absolute atomic E-state index is 0.0469. The van der Waals surface area contributed by atoms with Crippen molar-refractivity contribution in [2.45, 2.75) is 25.8 Å². The highest BCUT2D eigenvalue weighted by atomic mass is 32.2. The van der Waals surface area contributed by atoms with Crippen molar-refractivity contribution < 1.29 is 31.8 Å². The maximum atomic E-state index is 14.3. The number of nitrogens with zero attached hydrogens (tertiary/aromatic N) is 2. The van der Waals surface area contributed by atoms with Gasteiger partial charge in [0.2, 0.25) is 5.88 Å². The molecule has 2 aromatic heterocycles. The molecule has 0 unspecified atom stereocenters. The number of sulfonamides is 1. The van der Waals surface area contributed by atoms with E-state index in [0.29, 0.717) is 29.3 Å². The fourth-order valence-electron chi connectivity index (χ4n) is 3.06. The molecule has 1 amide bonds. The van der Waals surface area contributed by atoms with Gasteiger partial charge in [-0.15, -0.1) is 0 Å². The van der Waals surface area contributed by atoms with E-state index in [9.17, 15) is 17.6 Å². The second kappa shape index (κ2) is 11.9. The highest BCUT2D eigenvalue weighted by Crippen LogP contribution is 2.28. The zero-order chi connectivity index (χ0) is 26.3. The summed E-state index contributed by atoms with van der Waals surface area (Å²) in [6.45, 7) is 6.24. The van der Waals surface area contributed by atoms with Crippen LogP contribution in [0, 0.1) is 18.7 Å². The Labute approximate surface area is 209 Å². The van der Waals surface area contributed by atoms with Crippen LogP contribution in [0.3, 0.4) is 0 Å². The number of nitrogens with one attached hydrogen (secondary N) is 1. The summed E-state index contributed by atoms with van der Waals surface area (Å²) in [5.74, 6) is -1.03. The van der Waals surface area contributed by atoms with Crippen LogP contribution in [0.25, 0.3) is 11.3 Å². The van der Waals surface area contributed by atoms with Crippen molar-refractivity contribution in [3.8, 4) is 22.9 Å². The number of halogens is 1. The summed E-state index contributed by atoms with van der Waals surface area (Å²) in [4.78, 5) is 21.2. The zero-order valence-corrected chi connectivity index (χ0v) is 21.3. The molecular formula is C25H28FN3O6S. The van der Waals surface area contributed by atoms with E-state index in [-0.39, 0.29) is 35.6 Å². The number of pyridine rings is 2. The first-order chi connectivity index (χ1) is 17.1. The molecule has 9 nitrogen and oxygen atoms in total. The number of amides is 1. The molecule has 0 radical (unpaired) electrons. The molecule has 0 aliphatic rings. The van der Waals surface area contributed by atoms with Gasteiger partial charge in [-0.2, -0.15) is 8.42 Å². The van der Waals surface area contributed by atoms with Crippen molar-refractivity contribution in [1.29, 1.82) is 0 Å². The Morgan fingerprint density at radius 2 is 1.83 bits per heavy atom. The lowest BCUT2D eigenvalue weighted by Crippen LogP contribution is -2.31. The highest BCUT2D eigenvalue weighted by molar-refractivity contribution is 7.90. The first kappa shape index (κ1) is 27.0. The van der Waals surface area contributed by atoms with Gasteiger partial charge >= 0.3 is 0 Å². The SMILES string of the molecule is COCCOc1nc(-c2cc(F)cc(OCC(C)C)c2)ccc1C(=O)NS(=O)(=O)c1cccc(C)n1. The zero-order valence-electron chi connectivity index (χ0n) is 20.4. The van der Waals surface area contributed by atoms with Crippen molar-refractivity contribution in [3.05, 3.63) is 65.6 Å². The molecule has 1 N–H and O–H groups in total. The maximum absolute atomic E-state index is 14.3. The lowest BCUT2D eigenvalue weighted by atomic mass is 10.1. The van der Waals surface area contributed by atoms with Crippen LogP contribution < -0.4 is 14.2 Å². The van der Waals surface area contributed by atoms with Crippen molar-refractivity contribution >= 4 is 15.9 Å². The number of hydrogen-bond donors (Lipinski definition) is 1. The predicted octanol–water partition coefficient (Wildman–Crippen LogP) is 3.77. The number of aryl methyl sites for hydroxylation is 1.